The SMILES string of the molecule is COc1cc(Cl)c(C(=O)c2ccc(F)c(N)c2)cc1OC. The summed E-state index contributed by atoms with van der Waals surface area (Å²) in [5, 5.41) is 0.209. The van der Waals surface area contributed by atoms with Gasteiger partial charge in [-0.1, -0.05) is 11.6 Å². The first-order chi connectivity index (χ1) is 9.97. The molecule has 2 aromatic carbocycles. The van der Waals surface area contributed by atoms with E-state index in [1.165, 1.54) is 38.5 Å². The Labute approximate surface area is 126 Å². The fourth-order valence-corrected chi connectivity index (χ4v) is 2.11. The van der Waals surface area contributed by atoms with E-state index in [9.17, 15) is 9.18 Å². The maximum Gasteiger partial charge on any atom is 0.194 e. The predicted molar refractivity (Wildman–Crippen MR) is 78.8 cm³/mol. The summed E-state index contributed by atoms with van der Waals surface area (Å²) in [4.78, 5) is 12.4. The first kappa shape index (κ1) is 15.1. The van der Waals surface area contributed by atoms with Crippen molar-refractivity contribution in [3.8, 4) is 11.5 Å². The van der Waals surface area contributed by atoms with Crippen LogP contribution in [0.2, 0.25) is 5.02 Å². The molecule has 0 saturated heterocycles. The molecule has 0 radical (unpaired) electrons. The van der Waals surface area contributed by atoms with Gasteiger partial charge in [0.1, 0.15) is 5.82 Å². The number of rotatable bonds is 4. The Morgan fingerprint density at radius 3 is 2.33 bits per heavy atom. The van der Waals surface area contributed by atoms with E-state index >= 15 is 0 Å². The van der Waals surface area contributed by atoms with Crippen molar-refractivity contribution in [3.05, 3.63) is 52.3 Å². The van der Waals surface area contributed by atoms with Crippen LogP contribution in [-0.2, 0) is 0 Å². The van der Waals surface area contributed by atoms with Gasteiger partial charge in [0.15, 0.2) is 17.3 Å². The summed E-state index contributed by atoms with van der Waals surface area (Å²) in [7, 11) is 2.92. The van der Waals surface area contributed by atoms with Crippen LogP contribution in [0.3, 0.4) is 0 Å². The summed E-state index contributed by atoms with van der Waals surface area (Å²) < 4.78 is 23.4. The van der Waals surface area contributed by atoms with E-state index in [1.807, 2.05) is 0 Å². The highest BCUT2D eigenvalue weighted by molar-refractivity contribution is 6.35. The second-order valence-electron chi connectivity index (χ2n) is 4.25. The van der Waals surface area contributed by atoms with E-state index in [1.54, 1.807) is 0 Å². The number of carbonyl (C=O) groups is 1. The number of hydrogen-bond acceptors (Lipinski definition) is 4. The van der Waals surface area contributed by atoms with Crippen molar-refractivity contribution < 1.29 is 18.7 Å². The monoisotopic (exact) mass is 309 g/mol. The molecule has 0 atom stereocenters. The van der Waals surface area contributed by atoms with E-state index in [2.05, 4.69) is 0 Å². The molecule has 0 aromatic heterocycles. The Kier molecular flexibility index (Phi) is 4.33. The van der Waals surface area contributed by atoms with Gasteiger partial charge in [0.05, 0.1) is 24.9 Å². The largest absolute Gasteiger partial charge is 0.493 e. The molecule has 0 unspecified atom stereocenters. The van der Waals surface area contributed by atoms with Crippen LogP contribution in [0.4, 0.5) is 10.1 Å². The van der Waals surface area contributed by atoms with Crippen molar-refractivity contribution >= 4 is 23.1 Å². The molecule has 0 aliphatic heterocycles. The smallest absolute Gasteiger partial charge is 0.194 e. The number of ether oxygens (including phenoxy) is 2. The Bertz CT molecular complexity index is 704. The number of benzene rings is 2. The summed E-state index contributed by atoms with van der Waals surface area (Å²) in [6.45, 7) is 0. The lowest BCUT2D eigenvalue weighted by molar-refractivity contribution is 0.103. The van der Waals surface area contributed by atoms with E-state index in [-0.39, 0.29) is 27.6 Å². The highest BCUT2D eigenvalue weighted by Gasteiger charge is 2.18. The summed E-state index contributed by atoms with van der Waals surface area (Å²) >= 11 is 6.09. The fraction of sp³-hybridized carbons (Fsp3) is 0.133. The molecule has 0 spiro atoms. The number of nitrogen functional groups attached to an aromatic ring is 1. The van der Waals surface area contributed by atoms with Gasteiger partial charge < -0.3 is 15.2 Å². The highest BCUT2D eigenvalue weighted by Crippen LogP contribution is 2.34. The Balaban J connectivity index is 2.50. The Morgan fingerprint density at radius 2 is 1.76 bits per heavy atom. The van der Waals surface area contributed by atoms with Crippen LogP contribution in [0.1, 0.15) is 15.9 Å². The molecule has 6 heteroatoms. The first-order valence-corrected chi connectivity index (χ1v) is 6.37. The average molecular weight is 310 g/mol. The molecule has 0 aliphatic carbocycles. The molecule has 110 valence electrons. The third-order valence-corrected chi connectivity index (χ3v) is 3.29. The lowest BCUT2D eigenvalue weighted by Gasteiger charge is -2.11. The molecule has 2 aromatic rings. The fourth-order valence-electron chi connectivity index (χ4n) is 1.87. The van der Waals surface area contributed by atoms with Crippen LogP contribution < -0.4 is 15.2 Å². The topological polar surface area (TPSA) is 61.5 Å². The van der Waals surface area contributed by atoms with E-state index in [4.69, 9.17) is 26.8 Å². The van der Waals surface area contributed by atoms with Crippen molar-refractivity contribution in [2.75, 3.05) is 20.0 Å². The maximum atomic E-state index is 13.2. The van der Waals surface area contributed by atoms with Crippen LogP contribution in [0.15, 0.2) is 30.3 Å². The van der Waals surface area contributed by atoms with Gasteiger partial charge in [-0.25, -0.2) is 4.39 Å². The third-order valence-electron chi connectivity index (χ3n) is 2.98. The maximum absolute atomic E-state index is 13.2. The van der Waals surface area contributed by atoms with Crippen molar-refractivity contribution in [2.45, 2.75) is 0 Å². The van der Waals surface area contributed by atoms with E-state index < -0.39 is 5.82 Å². The van der Waals surface area contributed by atoms with Gasteiger partial charge in [-0.2, -0.15) is 0 Å². The normalized spacial score (nSPS) is 10.3. The summed E-state index contributed by atoms with van der Waals surface area (Å²) in [6, 6.07) is 6.71. The number of methoxy groups -OCH3 is 2. The zero-order valence-corrected chi connectivity index (χ0v) is 12.2. The number of halogens is 2. The van der Waals surface area contributed by atoms with Gasteiger partial charge >= 0.3 is 0 Å². The molecule has 0 bridgehead atoms. The number of ketones is 1. The van der Waals surface area contributed by atoms with Crippen LogP contribution in [0.25, 0.3) is 0 Å². The standard InChI is InChI=1S/C15H13ClFNO3/c1-20-13-6-9(10(16)7-14(13)21-2)15(19)8-3-4-11(17)12(18)5-8/h3-7H,18H2,1-2H3. The van der Waals surface area contributed by atoms with Crippen molar-refractivity contribution in [3.63, 3.8) is 0 Å². The molecule has 0 amide bonds. The average Bonchev–Trinajstić information content (AvgIpc) is 2.49. The van der Waals surface area contributed by atoms with Gasteiger partial charge in [-0.3, -0.25) is 4.79 Å². The number of anilines is 1. The van der Waals surface area contributed by atoms with E-state index in [0.717, 1.165) is 6.07 Å². The molecule has 21 heavy (non-hydrogen) atoms. The van der Waals surface area contributed by atoms with Crippen LogP contribution in [0, 0.1) is 5.82 Å². The second-order valence-corrected chi connectivity index (χ2v) is 4.66. The third kappa shape index (κ3) is 2.92. The zero-order chi connectivity index (χ0) is 15.6. The Morgan fingerprint density at radius 1 is 1.14 bits per heavy atom. The molecule has 0 saturated carbocycles. The van der Waals surface area contributed by atoms with Gasteiger partial charge in [0.25, 0.3) is 0 Å². The summed E-state index contributed by atoms with van der Waals surface area (Å²) in [5.41, 5.74) is 5.83. The molecule has 2 rings (SSSR count). The lowest BCUT2D eigenvalue weighted by Crippen LogP contribution is -2.05. The predicted octanol–water partition coefficient (Wildman–Crippen LogP) is 3.31. The quantitative estimate of drug-likeness (QED) is 0.695. The highest BCUT2D eigenvalue weighted by atomic mass is 35.5. The number of carbonyl (C=O) groups excluding carboxylic acids is 1. The second kappa shape index (κ2) is 6.01. The van der Waals surface area contributed by atoms with Crippen LogP contribution in [-0.4, -0.2) is 20.0 Å². The minimum Gasteiger partial charge on any atom is -0.493 e. The molecule has 2 N–H and O–H groups in total. The van der Waals surface area contributed by atoms with Crippen LogP contribution in [0.5, 0.6) is 11.5 Å². The number of nitrogens with two attached hydrogens (primary N) is 1. The van der Waals surface area contributed by atoms with Crippen LogP contribution >= 0.6 is 11.6 Å². The lowest BCUT2D eigenvalue weighted by atomic mass is 10.0. The number of hydrogen-bond donors (Lipinski definition) is 1. The zero-order valence-electron chi connectivity index (χ0n) is 11.4. The summed E-state index contributed by atoms with van der Waals surface area (Å²) in [6.07, 6.45) is 0. The summed E-state index contributed by atoms with van der Waals surface area (Å²) in [5.74, 6) is -0.171. The minimum atomic E-state index is -0.579. The molecular formula is C15H13ClFNO3. The first-order valence-electron chi connectivity index (χ1n) is 5.99. The van der Waals surface area contributed by atoms with E-state index in [0.29, 0.717) is 11.5 Å². The molecule has 0 fully saturated rings. The molecule has 0 aliphatic rings. The molecule has 0 heterocycles. The van der Waals surface area contributed by atoms with Gasteiger partial charge in [0.2, 0.25) is 0 Å². The Hall–Kier alpha value is -2.27. The van der Waals surface area contributed by atoms with Crippen molar-refractivity contribution in [1.82, 2.24) is 0 Å². The minimum absolute atomic E-state index is 0.0996. The van der Waals surface area contributed by atoms with Gasteiger partial charge in [-0.15, -0.1) is 0 Å². The van der Waals surface area contributed by atoms with Gasteiger partial charge in [0, 0.05) is 17.2 Å². The van der Waals surface area contributed by atoms with Crippen molar-refractivity contribution in [2.24, 2.45) is 0 Å². The molecule has 4 nitrogen and oxygen atoms in total. The molecular weight excluding hydrogens is 297 g/mol. The van der Waals surface area contributed by atoms with Gasteiger partial charge in [-0.05, 0) is 24.3 Å². The van der Waals surface area contributed by atoms with Crippen molar-refractivity contribution in [1.29, 1.82) is 0 Å².